The molecule has 0 radical (unpaired) electrons. The van der Waals surface area contributed by atoms with E-state index in [4.69, 9.17) is 4.42 Å². The fourth-order valence-corrected chi connectivity index (χ4v) is 4.46. The number of thiophene rings is 1. The lowest BCUT2D eigenvalue weighted by molar-refractivity contribution is 0.578. The molecule has 4 aromatic carbocycles. The lowest BCUT2D eigenvalue weighted by atomic mass is 10.1. The Labute approximate surface area is 187 Å². The van der Waals surface area contributed by atoms with Gasteiger partial charge in [-0.2, -0.15) is 0 Å². The standard InChI is InChI=1S/C11H10.C9H8O.C9H8S/c1-9-6-7-10-4-2-3-5-11(10)8-9;2*1-7-6-8-4-2-3-5-9(8)10-7/h2-8H,1H3;2*2-6H,1H3. The molecule has 0 aliphatic rings. The molecular formula is C29H26OS. The largest absolute Gasteiger partial charge is 0.461 e. The van der Waals surface area contributed by atoms with E-state index < -0.39 is 0 Å². The number of fused-ring (bicyclic) bond motifs is 3. The normalized spacial score (nSPS) is 10.4. The van der Waals surface area contributed by atoms with Gasteiger partial charge in [0.25, 0.3) is 0 Å². The topological polar surface area (TPSA) is 13.1 Å². The van der Waals surface area contributed by atoms with Crippen LogP contribution >= 0.6 is 11.3 Å². The molecular weight excluding hydrogens is 396 g/mol. The molecule has 0 aliphatic heterocycles. The highest BCUT2D eigenvalue weighted by atomic mass is 32.1. The first-order valence-electron chi connectivity index (χ1n) is 10.4. The van der Waals surface area contributed by atoms with Crippen molar-refractivity contribution in [3.05, 3.63) is 119 Å². The van der Waals surface area contributed by atoms with E-state index in [0.717, 1.165) is 11.3 Å². The van der Waals surface area contributed by atoms with Crippen molar-refractivity contribution in [2.75, 3.05) is 0 Å². The predicted octanol–water partition coefficient (Wildman–Crippen LogP) is 9.10. The molecule has 6 aromatic rings. The van der Waals surface area contributed by atoms with Crippen LogP contribution in [-0.4, -0.2) is 0 Å². The molecule has 154 valence electrons. The van der Waals surface area contributed by atoms with Gasteiger partial charge < -0.3 is 4.42 Å². The van der Waals surface area contributed by atoms with Crippen molar-refractivity contribution < 1.29 is 4.42 Å². The van der Waals surface area contributed by atoms with Gasteiger partial charge in [0.15, 0.2) is 0 Å². The van der Waals surface area contributed by atoms with Gasteiger partial charge in [-0.25, -0.2) is 0 Å². The van der Waals surface area contributed by atoms with Crippen molar-refractivity contribution in [3.8, 4) is 0 Å². The third kappa shape index (κ3) is 5.42. The fourth-order valence-electron chi connectivity index (χ4n) is 3.54. The van der Waals surface area contributed by atoms with E-state index >= 15 is 0 Å². The summed E-state index contributed by atoms with van der Waals surface area (Å²) >= 11 is 1.85. The Kier molecular flexibility index (Phi) is 6.49. The Morgan fingerprint density at radius 1 is 0.548 bits per heavy atom. The summed E-state index contributed by atoms with van der Waals surface area (Å²) in [5, 5.41) is 5.19. The van der Waals surface area contributed by atoms with Crippen LogP contribution in [0.2, 0.25) is 0 Å². The van der Waals surface area contributed by atoms with Crippen LogP contribution in [0.25, 0.3) is 31.8 Å². The molecule has 0 saturated carbocycles. The second kappa shape index (κ2) is 9.63. The summed E-state index contributed by atoms with van der Waals surface area (Å²) in [5.74, 6) is 0.973. The van der Waals surface area contributed by atoms with Gasteiger partial charge in [-0.05, 0) is 61.2 Å². The maximum absolute atomic E-state index is 5.37. The number of hydrogen-bond acceptors (Lipinski definition) is 2. The lowest BCUT2D eigenvalue weighted by Gasteiger charge is -1.96. The molecule has 6 rings (SSSR count). The van der Waals surface area contributed by atoms with Gasteiger partial charge in [0, 0.05) is 15.0 Å². The first kappa shape index (κ1) is 20.9. The summed E-state index contributed by atoms with van der Waals surface area (Å²) in [6.45, 7) is 6.22. The van der Waals surface area contributed by atoms with Crippen molar-refractivity contribution in [3.63, 3.8) is 0 Å². The quantitative estimate of drug-likeness (QED) is 0.238. The summed E-state index contributed by atoms with van der Waals surface area (Å²) in [7, 11) is 0. The van der Waals surface area contributed by atoms with Gasteiger partial charge in [-0.1, -0.05) is 84.4 Å². The summed E-state index contributed by atoms with van der Waals surface area (Å²) < 4.78 is 6.76. The fraction of sp³-hybridized carbons (Fsp3) is 0.103. The van der Waals surface area contributed by atoms with E-state index in [2.05, 4.69) is 86.6 Å². The molecule has 0 fully saturated rings. The van der Waals surface area contributed by atoms with Crippen LogP contribution in [0.1, 0.15) is 16.2 Å². The number of furan rings is 1. The van der Waals surface area contributed by atoms with E-state index in [-0.39, 0.29) is 0 Å². The summed E-state index contributed by atoms with van der Waals surface area (Å²) in [6.07, 6.45) is 0. The second-order valence-electron chi connectivity index (χ2n) is 7.64. The Bertz CT molecular complexity index is 1280. The van der Waals surface area contributed by atoms with Crippen LogP contribution in [0.5, 0.6) is 0 Å². The molecule has 0 atom stereocenters. The number of rotatable bonds is 0. The summed E-state index contributed by atoms with van der Waals surface area (Å²) in [4.78, 5) is 1.39. The van der Waals surface area contributed by atoms with Gasteiger partial charge in [0.2, 0.25) is 0 Å². The number of benzene rings is 4. The molecule has 2 heteroatoms. The lowest BCUT2D eigenvalue weighted by Crippen LogP contribution is -1.73. The van der Waals surface area contributed by atoms with Gasteiger partial charge in [0.05, 0.1) is 0 Å². The zero-order valence-electron chi connectivity index (χ0n) is 18.1. The van der Waals surface area contributed by atoms with Crippen molar-refractivity contribution in [1.29, 1.82) is 0 Å². The average Bonchev–Trinajstić information content (AvgIpc) is 3.35. The smallest absolute Gasteiger partial charge is 0.134 e. The highest BCUT2D eigenvalue weighted by Gasteiger charge is 1.96. The van der Waals surface area contributed by atoms with Crippen molar-refractivity contribution in [1.82, 2.24) is 0 Å². The third-order valence-electron chi connectivity index (χ3n) is 5.00. The Balaban J connectivity index is 0.000000112. The molecule has 1 nitrogen and oxygen atoms in total. The second-order valence-corrected chi connectivity index (χ2v) is 8.93. The minimum Gasteiger partial charge on any atom is -0.461 e. The predicted molar refractivity (Wildman–Crippen MR) is 136 cm³/mol. The molecule has 0 spiro atoms. The molecule has 0 saturated heterocycles. The van der Waals surface area contributed by atoms with Gasteiger partial charge in [-0.3, -0.25) is 0 Å². The number of hydrogen-bond donors (Lipinski definition) is 0. The Morgan fingerprint density at radius 2 is 1.19 bits per heavy atom. The maximum Gasteiger partial charge on any atom is 0.134 e. The monoisotopic (exact) mass is 422 g/mol. The van der Waals surface area contributed by atoms with E-state index in [1.54, 1.807) is 0 Å². The molecule has 0 N–H and O–H groups in total. The van der Waals surface area contributed by atoms with Crippen LogP contribution in [0.3, 0.4) is 0 Å². The average molecular weight is 423 g/mol. The van der Waals surface area contributed by atoms with E-state index in [1.807, 2.05) is 48.6 Å². The molecule has 2 heterocycles. The minimum absolute atomic E-state index is 0.972. The van der Waals surface area contributed by atoms with E-state index in [9.17, 15) is 0 Å². The van der Waals surface area contributed by atoms with Crippen LogP contribution < -0.4 is 0 Å². The Morgan fingerprint density at radius 3 is 1.94 bits per heavy atom. The highest BCUT2D eigenvalue weighted by molar-refractivity contribution is 7.19. The molecule has 2 aromatic heterocycles. The summed E-state index contributed by atoms with van der Waals surface area (Å²) in [6, 6.07) is 35.7. The zero-order chi connectivity index (χ0) is 21.6. The SMILES string of the molecule is Cc1cc2ccccc2o1.Cc1cc2ccccc2s1.Cc1ccc2ccccc2c1. The minimum atomic E-state index is 0.972. The van der Waals surface area contributed by atoms with E-state index in [0.29, 0.717) is 0 Å². The number of aryl methyl sites for hydroxylation is 3. The molecule has 0 unspecified atom stereocenters. The van der Waals surface area contributed by atoms with Gasteiger partial charge in [-0.15, -0.1) is 11.3 Å². The van der Waals surface area contributed by atoms with Gasteiger partial charge >= 0.3 is 0 Å². The van der Waals surface area contributed by atoms with Crippen LogP contribution in [0, 0.1) is 20.8 Å². The third-order valence-corrected chi connectivity index (χ3v) is 6.03. The summed E-state index contributed by atoms with van der Waals surface area (Å²) in [5.41, 5.74) is 2.30. The van der Waals surface area contributed by atoms with Gasteiger partial charge in [0.1, 0.15) is 11.3 Å². The van der Waals surface area contributed by atoms with Crippen molar-refractivity contribution >= 4 is 43.2 Å². The maximum atomic E-state index is 5.37. The number of para-hydroxylation sites is 1. The first-order chi connectivity index (χ1) is 15.1. The molecule has 0 amide bonds. The van der Waals surface area contributed by atoms with E-state index in [1.165, 1.54) is 36.7 Å². The molecule has 0 bridgehead atoms. The zero-order valence-corrected chi connectivity index (χ0v) is 18.9. The molecule has 0 aliphatic carbocycles. The highest BCUT2D eigenvalue weighted by Crippen LogP contribution is 2.23. The molecule has 31 heavy (non-hydrogen) atoms. The van der Waals surface area contributed by atoms with Crippen molar-refractivity contribution in [2.45, 2.75) is 20.8 Å². The van der Waals surface area contributed by atoms with Crippen LogP contribution in [-0.2, 0) is 0 Å². The van der Waals surface area contributed by atoms with Crippen LogP contribution in [0.4, 0.5) is 0 Å². The van der Waals surface area contributed by atoms with Crippen molar-refractivity contribution in [2.24, 2.45) is 0 Å². The van der Waals surface area contributed by atoms with Crippen LogP contribution in [0.15, 0.2) is 108 Å². The Hall–Kier alpha value is -3.36. The first-order valence-corrected chi connectivity index (χ1v) is 11.3.